The van der Waals surface area contributed by atoms with Gasteiger partial charge in [-0.1, -0.05) is 30.9 Å². The minimum Gasteiger partial charge on any atom is -0.497 e. The van der Waals surface area contributed by atoms with E-state index in [1.165, 1.54) is 6.21 Å². The van der Waals surface area contributed by atoms with Crippen molar-refractivity contribution in [3.05, 3.63) is 94.9 Å². The zero-order chi connectivity index (χ0) is 24.4. The van der Waals surface area contributed by atoms with E-state index in [1.54, 1.807) is 13.2 Å². The third kappa shape index (κ3) is 4.11. The van der Waals surface area contributed by atoms with Gasteiger partial charge in [-0.3, -0.25) is 4.79 Å². The molecule has 1 amide bonds. The number of amides is 1. The number of rotatable bonds is 7. The summed E-state index contributed by atoms with van der Waals surface area (Å²) < 4.78 is 5.36. The van der Waals surface area contributed by atoms with Gasteiger partial charge in [0.2, 0.25) is 5.91 Å². The fourth-order valence-electron chi connectivity index (χ4n) is 4.11. The number of carbonyl (C=O) groups excluding carboxylic acids is 1. The standard InChI is InChI=1S/C27H27N5O2/c1-15(22-8-5-9-23(31-22)17-6-4-7-18(13-17)34-3)12-19-25-20(14-28)21(29)10-11-24(25)32-26(19)16(2)27(30)33/h4-14,23,28,31-32H,2,29H2,1,3H3,(H2,30,33)/b15-12+,28-14?. The van der Waals surface area contributed by atoms with Crippen LogP contribution in [0.15, 0.2) is 72.5 Å². The van der Waals surface area contributed by atoms with E-state index < -0.39 is 5.91 Å². The number of nitrogens with two attached hydrogens (primary N) is 2. The number of carbonyl (C=O) groups is 1. The fraction of sp³-hybridized carbons (Fsp3) is 0.111. The smallest absolute Gasteiger partial charge is 0.250 e. The number of primary amides is 1. The summed E-state index contributed by atoms with van der Waals surface area (Å²) in [5, 5.41) is 12.2. The lowest BCUT2D eigenvalue weighted by Gasteiger charge is -2.23. The lowest BCUT2D eigenvalue weighted by atomic mass is 9.97. The Hall–Kier alpha value is -4.52. The normalized spacial score (nSPS) is 15.5. The Morgan fingerprint density at radius 2 is 2.03 bits per heavy atom. The summed E-state index contributed by atoms with van der Waals surface area (Å²) in [7, 11) is 1.65. The predicted octanol–water partition coefficient (Wildman–Crippen LogP) is 4.44. The van der Waals surface area contributed by atoms with Gasteiger partial charge in [0.05, 0.1) is 24.4 Å². The van der Waals surface area contributed by atoms with E-state index in [9.17, 15) is 4.79 Å². The van der Waals surface area contributed by atoms with Crippen LogP contribution in [-0.4, -0.2) is 24.2 Å². The van der Waals surface area contributed by atoms with Crippen molar-refractivity contribution in [1.29, 1.82) is 5.41 Å². The highest BCUT2D eigenvalue weighted by atomic mass is 16.5. The number of ether oxygens (including phenoxy) is 1. The zero-order valence-electron chi connectivity index (χ0n) is 19.1. The number of nitrogens with one attached hydrogen (secondary N) is 3. The van der Waals surface area contributed by atoms with Gasteiger partial charge >= 0.3 is 0 Å². The molecule has 0 bridgehead atoms. The minimum atomic E-state index is -0.626. The van der Waals surface area contributed by atoms with E-state index in [-0.39, 0.29) is 11.6 Å². The van der Waals surface area contributed by atoms with E-state index in [1.807, 2.05) is 55.5 Å². The Balaban J connectivity index is 1.79. The number of aromatic amines is 1. The van der Waals surface area contributed by atoms with E-state index in [0.717, 1.165) is 33.5 Å². The number of allylic oxidation sites excluding steroid dienone is 3. The van der Waals surface area contributed by atoms with Crippen LogP contribution < -0.4 is 21.5 Å². The zero-order valence-corrected chi connectivity index (χ0v) is 19.1. The molecule has 0 saturated carbocycles. The van der Waals surface area contributed by atoms with Crippen LogP contribution in [0.3, 0.4) is 0 Å². The number of nitrogen functional groups attached to an aromatic ring is 1. The molecule has 172 valence electrons. The molecule has 0 radical (unpaired) electrons. The van der Waals surface area contributed by atoms with Gasteiger partial charge in [0.15, 0.2) is 0 Å². The van der Waals surface area contributed by atoms with Gasteiger partial charge in [0.25, 0.3) is 0 Å². The van der Waals surface area contributed by atoms with Crippen molar-refractivity contribution in [2.24, 2.45) is 5.73 Å². The molecule has 0 fully saturated rings. The van der Waals surface area contributed by atoms with Crippen LogP contribution in [0, 0.1) is 5.41 Å². The van der Waals surface area contributed by atoms with Gasteiger partial charge in [-0.05, 0) is 54.5 Å². The third-order valence-electron chi connectivity index (χ3n) is 5.94. The Morgan fingerprint density at radius 3 is 2.74 bits per heavy atom. The van der Waals surface area contributed by atoms with E-state index in [4.69, 9.17) is 21.6 Å². The molecule has 2 heterocycles. The Bertz CT molecular complexity index is 1410. The summed E-state index contributed by atoms with van der Waals surface area (Å²) in [4.78, 5) is 15.2. The quantitative estimate of drug-likeness (QED) is 0.206. The number of hydrogen-bond donors (Lipinski definition) is 5. The molecule has 2 aromatic carbocycles. The van der Waals surface area contributed by atoms with Gasteiger partial charge in [0, 0.05) is 39.6 Å². The molecule has 0 aliphatic carbocycles. The molecule has 34 heavy (non-hydrogen) atoms. The van der Waals surface area contributed by atoms with Crippen molar-refractivity contribution in [3.8, 4) is 5.75 Å². The molecule has 1 aliphatic heterocycles. The van der Waals surface area contributed by atoms with E-state index in [2.05, 4.69) is 23.0 Å². The number of anilines is 1. The highest BCUT2D eigenvalue weighted by Gasteiger charge is 2.20. The van der Waals surface area contributed by atoms with Crippen LogP contribution >= 0.6 is 0 Å². The summed E-state index contributed by atoms with van der Waals surface area (Å²) in [5.74, 6) is 0.167. The predicted molar refractivity (Wildman–Crippen MR) is 139 cm³/mol. The van der Waals surface area contributed by atoms with Crippen molar-refractivity contribution in [3.63, 3.8) is 0 Å². The van der Waals surface area contributed by atoms with Crippen LogP contribution in [0.2, 0.25) is 0 Å². The molecule has 0 spiro atoms. The van der Waals surface area contributed by atoms with Crippen LogP contribution in [0.25, 0.3) is 22.6 Å². The minimum absolute atomic E-state index is 0.0331. The Kier molecular flexibility index (Phi) is 6.10. The van der Waals surface area contributed by atoms with Gasteiger partial charge in [-0.25, -0.2) is 0 Å². The first-order valence-corrected chi connectivity index (χ1v) is 10.8. The number of methoxy groups -OCH3 is 1. The Morgan fingerprint density at radius 1 is 1.24 bits per heavy atom. The van der Waals surface area contributed by atoms with E-state index in [0.29, 0.717) is 22.5 Å². The topological polar surface area (TPSA) is 130 Å². The largest absolute Gasteiger partial charge is 0.497 e. The average molecular weight is 454 g/mol. The summed E-state index contributed by atoms with van der Waals surface area (Å²) >= 11 is 0. The molecule has 1 unspecified atom stereocenters. The molecular formula is C27H27N5O2. The first-order valence-electron chi connectivity index (χ1n) is 10.8. The lowest BCUT2D eigenvalue weighted by Crippen LogP contribution is -2.22. The van der Waals surface area contributed by atoms with Gasteiger partial charge < -0.3 is 31.9 Å². The molecule has 0 saturated heterocycles. The van der Waals surface area contributed by atoms with Crippen molar-refractivity contribution in [1.82, 2.24) is 10.3 Å². The average Bonchev–Trinajstić information content (AvgIpc) is 3.21. The van der Waals surface area contributed by atoms with Crippen molar-refractivity contribution < 1.29 is 9.53 Å². The molecule has 1 aliphatic rings. The van der Waals surface area contributed by atoms with E-state index >= 15 is 0 Å². The fourth-order valence-corrected chi connectivity index (χ4v) is 4.11. The maximum atomic E-state index is 12.0. The molecule has 1 atom stereocenters. The Labute approximate surface area is 198 Å². The highest BCUT2D eigenvalue weighted by Crippen LogP contribution is 2.34. The molecule has 3 aromatic rings. The summed E-state index contributed by atoms with van der Waals surface area (Å²) in [6, 6.07) is 11.4. The molecule has 1 aromatic heterocycles. The third-order valence-corrected chi connectivity index (χ3v) is 5.94. The van der Waals surface area contributed by atoms with Crippen LogP contribution in [0.4, 0.5) is 5.69 Å². The number of hydrogen-bond acceptors (Lipinski definition) is 5. The second-order valence-electron chi connectivity index (χ2n) is 8.08. The number of dihydropyridines is 1. The monoisotopic (exact) mass is 453 g/mol. The van der Waals surface area contributed by atoms with Crippen LogP contribution in [0.5, 0.6) is 5.75 Å². The maximum absolute atomic E-state index is 12.0. The highest BCUT2D eigenvalue weighted by molar-refractivity contribution is 6.21. The maximum Gasteiger partial charge on any atom is 0.250 e. The number of benzene rings is 2. The van der Waals surface area contributed by atoms with Crippen LogP contribution in [-0.2, 0) is 4.79 Å². The summed E-state index contributed by atoms with van der Waals surface area (Å²) in [6.45, 7) is 5.85. The number of H-pyrrole nitrogens is 1. The number of fused-ring (bicyclic) bond motifs is 1. The molecule has 7 N–H and O–H groups in total. The first-order chi connectivity index (χ1) is 16.3. The molecule has 7 nitrogen and oxygen atoms in total. The van der Waals surface area contributed by atoms with Gasteiger partial charge in [0.1, 0.15) is 5.75 Å². The number of aromatic nitrogens is 1. The molecule has 4 rings (SSSR count). The SMILES string of the molecule is C=C(C(N)=O)c1[nH]c2ccc(N)c(C=N)c2c1/C=C(\C)C1=CC=CC(c2cccc(OC)c2)N1. The van der Waals surface area contributed by atoms with Gasteiger partial charge in [-0.2, -0.15) is 0 Å². The summed E-state index contributed by atoms with van der Waals surface area (Å²) in [6.07, 6.45) is 9.24. The second-order valence-corrected chi connectivity index (χ2v) is 8.08. The van der Waals surface area contributed by atoms with Crippen molar-refractivity contribution in [2.45, 2.75) is 13.0 Å². The first kappa shape index (κ1) is 22.7. The lowest BCUT2D eigenvalue weighted by molar-refractivity contribution is -0.112. The van der Waals surface area contributed by atoms with Crippen molar-refractivity contribution in [2.75, 3.05) is 12.8 Å². The molecular weight excluding hydrogens is 426 g/mol. The van der Waals surface area contributed by atoms with Crippen molar-refractivity contribution >= 4 is 40.4 Å². The van der Waals surface area contributed by atoms with Gasteiger partial charge in [-0.15, -0.1) is 0 Å². The second kappa shape index (κ2) is 9.15. The summed E-state index contributed by atoms with van der Waals surface area (Å²) in [5.41, 5.74) is 17.8. The molecule has 7 heteroatoms. The van der Waals surface area contributed by atoms with Crippen LogP contribution in [0.1, 0.15) is 35.3 Å².